The van der Waals surface area contributed by atoms with Crippen LogP contribution in [0.15, 0.2) is 59.4 Å². The molecular weight excluding hydrogens is 280 g/mol. The minimum Gasteiger partial charge on any atom is -0.508 e. The molecule has 0 saturated heterocycles. The number of rotatable bonds is 4. The smallest absolute Gasteiger partial charge is 0.274 e. The second kappa shape index (κ2) is 6.09. The van der Waals surface area contributed by atoms with Crippen LogP contribution in [0.25, 0.3) is 0 Å². The molecule has 3 aromatic rings. The molecule has 0 amide bonds. The Labute approximate surface area is 126 Å². The number of aromatic hydroxyl groups is 1. The molecule has 6 nitrogen and oxygen atoms in total. The summed E-state index contributed by atoms with van der Waals surface area (Å²) in [4.78, 5) is 14.7. The Bertz CT molecular complexity index is 814. The summed E-state index contributed by atoms with van der Waals surface area (Å²) >= 11 is 0. The molecule has 0 spiro atoms. The zero-order valence-corrected chi connectivity index (χ0v) is 11.7. The van der Waals surface area contributed by atoms with E-state index in [1.54, 1.807) is 12.1 Å². The van der Waals surface area contributed by atoms with Crippen molar-refractivity contribution in [1.82, 2.24) is 15.2 Å². The first-order chi connectivity index (χ1) is 10.7. The molecule has 0 radical (unpaired) electrons. The van der Waals surface area contributed by atoms with E-state index in [4.69, 9.17) is 0 Å². The first kappa shape index (κ1) is 13.8. The standard InChI is InChI=1S/C16H14N4O2/c21-13-8-6-12(7-9-13)17-16-18-15(22)14(19-20-16)10-11-4-2-1-3-5-11/h1-9,21H,10H2,(H2,17,18,20,22). The number of aromatic amines is 1. The van der Waals surface area contributed by atoms with Gasteiger partial charge in [-0.3, -0.25) is 9.78 Å². The second-order valence-electron chi connectivity index (χ2n) is 4.78. The largest absolute Gasteiger partial charge is 0.508 e. The van der Waals surface area contributed by atoms with Gasteiger partial charge in [-0.15, -0.1) is 10.2 Å². The lowest BCUT2D eigenvalue weighted by Gasteiger charge is -2.05. The van der Waals surface area contributed by atoms with E-state index in [9.17, 15) is 9.90 Å². The summed E-state index contributed by atoms with van der Waals surface area (Å²) in [5, 5.41) is 20.1. The molecule has 110 valence electrons. The van der Waals surface area contributed by atoms with Crippen molar-refractivity contribution in [2.24, 2.45) is 0 Å². The summed E-state index contributed by atoms with van der Waals surface area (Å²) in [6.45, 7) is 0. The predicted molar refractivity (Wildman–Crippen MR) is 83.3 cm³/mol. The molecule has 3 N–H and O–H groups in total. The predicted octanol–water partition coefficient (Wildman–Crippen LogP) is 2.20. The normalized spacial score (nSPS) is 10.4. The number of anilines is 2. The second-order valence-corrected chi connectivity index (χ2v) is 4.78. The van der Waals surface area contributed by atoms with Crippen LogP contribution in [0.4, 0.5) is 11.6 Å². The van der Waals surface area contributed by atoms with Gasteiger partial charge in [0.1, 0.15) is 11.4 Å². The zero-order chi connectivity index (χ0) is 15.4. The van der Waals surface area contributed by atoms with Gasteiger partial charge in [0, 0.05) is 12.1 Å². The van der Waals surface area contributed by atoms with Gasteiger partial charge >= 0.3 is 0 Å². The highest BCUT2D eigenvalue weighted by molar-refractivity contribution is 5.53. The number of aromatic nitrogens is 3. The van der Waals surface area contributed by atoms with Gasteiger partial charge in [0.25, 0.3) is 5.56 Å². The van der Waals surface area contributed by atoms with E-state index in [1.807, 2.05) is 30.3 Å². The van der Waals surface area contributed by atoms with E-state index in [0.717, 1.165) is 5.56 Å². The Hall–Kier alpha value is -3.15. The SMILES string of the molecule is O=c1[nH]c(Nc2ccc(O)cc2)nnc1Cc1ccccc1. The van der Waals surface area contributed by atoms with Crippen LogP contribution >= 0.6 is 0 Å². The van der Waals surface area contributed by atoms with Crippen molar-refractivity contribution in [2.45, 2.75) is 6.42 Å². The summed E-state index contributed by atoms with van der Waals surface area (Å²) < 4.78 is 0. The van der Waals surface area contributed by atoms with Crippen LogP contribution in [0.3, 0.4) is 0 Å². The lowest BCUT2D eigenvalue weighted by atomic mass is 10.1. The molecule has 2 aromatic carbocycles. The Morgan fingerprint density at radius 3 is 2.41 bits per heavy atom. The van der Waals surface area contributed by atoms with Crippen LogP contribution < -0.4 is 10.9 Å². The van der Waals surface area contributed by atoms with Gasteiger partial charge in [0.2, 0.25) is 5.95 Å². The van der Waals surface area contributed by atoms with Gasteiger partial charge in [0.15, 0.2) is 0 Å². The molecule has 1 heterocycles. The fourth-order valence-corrected chi connectivity index (χ4v) is 2.00. The van der Waals surface area contributed by atoms with Gasteiger partial charge in [-0.2, -0.15) is 0 Å². The Morgan fingerprint density at radius 1 is 1.00 bits per heavy atom. The van der Waals surface area contributed by atoms with Gasteiger partial charge in [-0.1, -0.05) is 30.3 Å². The minimum atomic E-state index is -0.278. The summed E-state index contributed by atoms with van der Waals surface area (Å²) in [5.41, 5.74) is 1.78. The van der Waals surface area contributed by atoms with Crippen LogP contribution in [0.2, 0.25) is 0 Å². The Balaban J connectivity index is 1.77. The summed E-state index contributed by atoms with van der Waals surface area (Å²) in [7, 11) is 0. The van der Waals surface area contributed by atoms with E-state index >= 15 is 0 Å². The average molecular weight is 294 g/mol. The Morgan fingerprint density at radius 2 is 1.73 bits per heavy atom. The van der Waals surface area contributed by atoms with Crippen molar-refractivity contribution in [3.63, 3.8) is 0 Å². The molecule has 0 fully saturated rings. The first-order valence-corrected chi connectivity index (χ1v) is 6.76. The van der Waals surface area contributed by atoms with Gasteiger partial charge < -0.3 is 10.4 Å². The number of hydrogen-bond donors (Lipinski definition) is 3. The lowest BCUT2D eigenvalue weighted by Crippen LogP contribution is -2.18. The van der Waals surface area contributed by atoms with Gasteiger partial charge in [0.05, 0.1) is 0 Å². The summed E-state index contributed by atoms with van der Waals surface area (Å²) in [6.07, 6.45) is 0.433. The zero-order valence-electron chi connectivity index (χ0n) is 11.7. The van der Waals surface area contributed by atoms with E-state index in [0.29, 0.717) is 17.8 Å². The van der Waals surface area contributed by atoms with Gasteiger partial charge in [-0.25, -0.2) is 0 Å². The monoisotopic (exact) mass is 294 g/mol. The molecule has 0 bridgehead atoms. The highest BCUT2D eigenvalue weighted by Gasteiger charge is 2.06. The van der Waals surface area contributed by atoms with Gasteiger partial charge in [-0.05, 0) is 29.8 Å². The number of phenolic OH excluding ortho intramolecular Hbond substituents is 1. The quantitative estimate of drug-likeness (QED) is 0.642. The number of benzene rings is 2. The van der Waals surface area contributed by atoms with Crippen LogP contribution in [0.1, 0.15) is 11.3 Å². The van der Waals surface area contributed by atoms with Crippen molar-refractivity contribution >= 4 is 11.6 Å². The third-order valence-electron chi connectivity index (χ3n) is 3.11. The van der Waals surface area contributed by atoms with Crippen LogP contribution in [-0.2, 0) is 6.42 Å². The maximum Gasteiger partial charge on any atom is 0.274 e. The highest BCUT2D eigenvalue weighted by atomic mass is 16.3. The van der Waals surface area contributed by atoms with E-state index in [-0.39, 0.29) is 17.3 Å². The van der Waals surface area contributed by atoms with Crippen molar-refractivity contribution in [3.05, 3.63) is 76.2 Å². The molecule has 0 saturated carbocycles. The minimum absolute atomic E-state index is 0.170. The summed E-state index contributed by atoms with van der Waals surface area (Å²) in [5.74, 6) is 0.427. The third kappa shape index (κ3) is 3.29. The molecule has 6 heteroatoms. The molecule has 0 unspecified atom stereocenters. The van der Waals surface area contributed by atoms with Crippen LogP contribution in [-0.4, -0.2) is 20.3 Å². The molecule has 0 atom stereocenters. The number of nitrogens with zero attached hydrogens (tertiary/aromatic N) is 2. The van der Waals surface area contributed by atoms with Crippen molar-refractivity contribution in [1.29, 1.82) is 0 Å². The molecule has 3 rings (SSSR count). The van der Waals surface area contributed by atoms with Crippen LogP contribution in [0, 0.1) is 0 Å². The van der Waals surface area contributed by atoms with E-state index in [2.05, 4.69) is 20.5 Å². The number of nitrogens with one attached hydrogen (secondary N) is 2. The fourth-order valence-electron chi connectivity index (χ4n) is 2.00. The fraction of sp³-hybridized carbons (Fsp3) is 0.0625. The topological polar surface area (TPSA) is 90.9 Å². The highest BCUT2D eigenvalue weighted by Crippen LogP contribution is 2.16. The number of phenols is 1. The van der Waals surface area contributed by atoms with Crippen LogP contribution in [0.5, 0.6) is 5.75 Å². The molecule has 0 aliphatic rings. The molecule has 22 heavy (non-hydrogen) atoms. The first-order valence-electron chi connectivity index (χ1n) is 6.76. The Kier molecular flexibility index (Phi) is 3.82. The van der Waals surface area contributed by atoms with E-state index in [1.165, 1.54) is 12.1 Å². The molecular formula is C16H14N4O2. The van der Waals surface area contributed by atoms with Crippen molar-refractivity contribution in [3.8, 4) is 5.75 Å². The molecule has 0 aliphatic carbocycles. The van der Waals surface area contributed by atoms with Crippen molar-refractivity contribution < 1.29 is 5.11 Å². The van der Waals surface area contributed by atoms with Crippen molar-refractivity contribution in [2.75, 3.05) is 5.32 Å². The molecule has 0 aliphatic heterocycles. The number of H-pyrrole nitrogens is 1. The van der Waals surface area contributed by atoms with E-state index < -0.39 is 0 Å². The lowest BCUT2D eigenvalue weighted by molar-refractivity contribution is 0.475. The average Bonchev–Trinajstić information content (AvgIpc) is 2.53. The third-order valence-corrected chi connectivity index (χ3v) is 3.11. The maximum absolute atomic E-state index is 12.1. The summed E-state index contributed by atoms with van der Waals surface area (Å²) in [6, 6.07) is 16.0. The maximum atomic E-state index is 12.1. The number of hydrogen-bond acceptors (Lipinski definition) is 5. The molecule has 1 aromatic heterocycles.